The fourth-order valence-electron chi connectivity index (χ4n) is 1.69. The minimum absolute atomic E-state index is 0.142. The van der Waals surface area contributed by atoms with Crippen LogP contribution in [-0.2, 0) is 9.47 Å². The number of ether oxygens (including phenoxy) is 2. The summed E-state index contributed by atoms with van der Waals surface area (Å²) in [6.45, 7) is 0. The number of esters is 2. The number of nitrogens with two attached hydrogens (primary N) is 1. The number of hydrogen-bond donors (Lipinski definition) is 3. The van der Waals surface area contributed by atoms with Crippen LogP contribution in [0.5, 0.6) is 0 Å². The second-order valence-corrected chi connectivity index (χ2v) is 4.96. The lowest BCUT2D eigenvalue weighted by atomic mass is 9.78. The van der Waals surface area contributed by atoms with Crippen LogP contribution in [0.1, 0.15) is 20.7 Å². The van der Waals surface area contributed by atoms with Crippen molar-refractivity contribution in [1.29, 1.82) is 0 Å². The van der Waals surface area contributed by atoms with Gasteiger partial charge < -0.3 is 25.3 Å². The number of carbonyl (C=O) groups is 2. The van der Waals surface area contributed by atoms with Crippen LogP contribution in [0.4, 0.5) is 5.69 Å². The van der Waals surface area contributed by atoms with Crippen molar-refractivity contribution < 1.29 is 29.1 Å². The summed E-state index contributed by atoms with van der Waals surface area (Å²) in [4.78, 5) is 25.7. The first kappa shape index (κ1) is 20.4. The largest absolute Gasteiger partial charge is 0.490 e. The van der Waals surface area contributed by atoms with Crippen LogP contribution in [0, 0.1) is 0 Å². The van der Waals surface area contributed by atoms with Crippen molar-refractivity contribution in [2.24, 2.45) is 0 Å². The number of rotatable bonds is 3. The third-order valence-corrected chi connectivity index (χ3v) is 3.29. The number of aromatic nitrogens is 1. The number of benzene rings is 1. The van der Waals surface area contributed by atoms with Crippen molar-refractivity contribution >= 4 is 41.8 Å². The molecule has 0 fully saturated rings. The van der Waals surface area contributed by atoms with Gasteiger partial charge in [-0.2, -0.15) is 0 Å². The lowest BCUT2D eigenvalue weighted by Crippen LogP contribution is -2.32. The molecular weight excluding hydrogens is 350 g/mol. The molecule has 10 heteroatoms. The van der Waals surface area contributed by atoms with Gasteiger partial charge in [-0.05, 0) is 18.2 Å². The Bertz CT molecular complexity index is 757. The average molecular weight is 367 g/mol. The summed E-state index contributed by atoms with van der Waals surface area (Å²) < 4.78 is 8.93. The highest BCUT2D eigenvalue weighted by Crippen LogP contribution is 2.13. The van der Waals surface area contributed by atoms with Gasteiger partial charge >= 0.3 is 19.1 Å². The molecule has 0 bridgehead atoms. The first-order valence-electron chi connectivity index (χ1n) is 6.83. The van der Waals surface area contributed by atoms with Crippen LogP contribution in [0.25, 0.3) is 0 Å². The van der Waals surface area contributed by atoms with E-state index in [1.807, 2.05) is 0 Å². The number of methoxy groups -OCH3 is 2. The Labute approximate surface area is 149 Å². The summed E-state index contributed by atoms with van der Waals surface area (Å²) in [5.41, 5.74) is 6.35. The predicted molar refractivity (Wildman–Crippen MR) is 92.6 cm³/mol. The van der Waals surface area contributed by atoms with E-state index >= 15 is 0 Å². The molecule has 2 rings (SSSR count). The van der Waals surface area contributed by atoms with E-state index < -0.39 is 19.1 Å². The Morgan fingerprint density at radius 3 is 2.28 bits per heavy atom. The lowest BCUT2D eigenvalue weighted by Gasteiger charge is -2.05. The Hall–Kier alpha value is -2.62. The normalized spacial score (nSPS) is 9.48. The van der Waals surface area contributed by atoms with E-state index in [1.165, 1.54) is 50.9 Å². The number of nitrogens with zero attached hydrogens (tertiary/aromatic N) is 1. The molecule has 0 aliphatic heterocycles. The maximum atomic E-state index is 11.0. The number of pyridine rings is 1. The van der Waals surface area contributed by atoms with Gasteiger partial charge in [-0.25, -0.2) is 9.59 Å². The van der Waals surface area contributed by atoms with Crippen molar-refractivity contribution in [3.63, 3.8) is 0 Å². The summed E-state index contributed by atoms with van der Waals surface area (Å²) in [5, 5.41) is 18.1. The summed E-state index contributed by atoms with van der Waals surface area (Å²) in [5.74, 6) is -0.987. The minimum atomic E-state index is -1.64. The van der Waals surface area contributed by atoms with Gasteiger partial charge in [-0.3, -0.25) is 4.98 Å². The third-order valence-electron chi connectivity index (χ3n) is 2.96. The van der Waals surface area contributed by atoms with Crippen molar-refractivity contribution in [2.45, 2.75) is 0 Å². The second-order valence-electron chi connectivity index (χ2n) is 4.56. The molecule has 4 N–H and O–H groups in total. The van der Waals surface area contributed by atoms with Crippen molar-refractivity contribution in [3.8, 4) is 0 Å². The summed E-state index contributed by atoms with van der Waals surface area (Å²) in [7, 11) is 0.917. The topological polar surface area (TPSA) is 132 Å². The van der Waals surface area contributed by atoms with Gasteiger partial charge in [0.05, 0.1) is 30.4 Å². The van der Waals surface area contributed by atoms with E-state index in [4.69, 9.17) is 27.4 Å². The molecule has 0 saturated carbocycles. The van der Waals surface area contributed by atoms with Gasteiger partial charge in [-0.15, -0.1) is 0 Å². The van der Waals surface area contributed by atoms with Gasteiger partial charge in [-0.1, -0.05) is 17.7 Å². The summed E-state index contributed by atoms with van der Waals surface area (Å²) in [6, 6.07) is 5.65. The molecule has 1 aromatic heterocycles. The molecule has 0 saturated heterocycles. The van der Waals surface area contributed by atoms with E-state index in [9.17, 15) is 9.59 Å². The molecule has 1 aromatic carbocycles. The minimum Gasteiger partial charge on any atom is -0.465 e. The molecule has 0 amide bonds. The highest BCUT2D eigenvalue weighted by molar-refractivity contribution is 6.60. The first-order chi connectivity index (χ1) is 11.8. The smallest absolute Gasteiger partial charge is 0.465 e. The predicted octanol–water partition coefficient (Wildman–Crippen LogP) is 0.257. The molecule has 0 radical (unpaired) electrons. The maximum Gasteiger partial charge on any atom is 0.490 e. The molecule has 25 heavy (non-hydrogen) atoms. The Kier molecular flexibility index (Phi) is 7.87. The standard InChI is InChI=1S/C8H10BNO4.C7H6ClNO2/c1-14-8(11)5-2-3-6(9(12)13)7(10)4-5;1-11-7(10)5-4-9-3-2-6(5)8/h2-4,12-13H,10H2,1H3;2-4H,1H3. The molecular formula is C15H16BClN2O6. The molecule has 0 aliphatic carbocycles. The summed E-state index contributed by atoms with van der Waals surface area (Å²) in [6.07, 6.45) is 2.88. The third kappa shape index (κ3) is 5.75. The maximum absolute atomic E-state index is 11.0. The molecule has 2 aromatic rings. The van der Waals surface area contributed by atoms with Crippen molar-refractivity contribution in [2.75, 3.05) is 20.0 Å². The highest BCUT2D eigenvalue weighted by atomic mass is 35.5. The van der Waals surface area contributed by atoms with Crippen LogP contribution < -0.4 is 11.2 Å². The fourth-order valence-corrected chi connectivity index (χ4v) is 1.87. The molecule has 0 unspecified atom stereocenters. The SMILES string of the molecule is COC(=O)c1ccc(B(O)O)c(N)c1.COC(=O)c1cnccc1Cl. The van der Waals surface area contributed by atoms with Crippen LogP contribution in [0.15, 0.2) is 36.7 Å². The van der Waals surface area contributed by atoms with Gasteiger partial charge in [0.15, 0.2) is 0 Å². The number of carbonyl (C=O) groups excluding carboxylic acids is 2. The molecule has 0 spiro atoms. The zero-order chi connectivity index (χ0) is 19.0. The average Bonchev–Trinajstić information content (AvgIpc) is 2.61. The number of halogens is 1. The zero-order valence-corrected chi connectivity index (χ0v) is 14.2. The van der Waals surface area contributed by atoms with Gasteiger partial charge in [0, 0.05) is 23.5 Å². The molecule has 8 nitrogen and oxygen atoms in total. The van der Waals surface area contributed by atoms with Gasteiger partial charge in [0.25, 0.3) is 0 Å². The van der Waals surface area contributed by atoms with Crippen molar-refractivity contribution in [3.05, 3.63) is 52.8 Å². The van der Waals surface area contributed by atoms with E-state index in [2.05, 4.69) is 14.5 Å². The number of anilines is 1. The van der Waals surface area contributed by atoms with E-state index in [0.29, 0.717) is 5.02 Å². The number of nitrogen functional groups attached to an aromatic ring is 1. The second kappa shape index (κ2) is 9.63. The molecule has 0 aliphatic rings. The quantitative estimate of drug-likeness (QED) is 0.400. The zero-order valence-electron chi connectivity index (χ0n) is 13.5. The number of hydrogen-bond acceptors (Lipinski definition) is 8. The van der Waals surface area contributed by atoms with Crippen LogP contribution in [0.3, 0.4) is 0 Å². The first-order valence-corrected chi connectivity index (χ1v) is 7.21. The van der Waals surface area contributed by atoms with Crippen LogP contribution >= 0.6 is 11.6 Å². The Balaban J connectivity index is 0.000000257. The molecule has 0 atom stereocenters. The van der Waals surface area contributed by atoms with Crippen molar-refractivity contribution in [1.82, 2.24) is 4.98 Å². The van der Waals surface area contributed by atoms with E-state index in [0.717, 1.165) is 0 Å². The Morgan fingerprint density at radius 1 is 1.16 bits per heavy atom. The highest BCUT2D eigenvalue weighted by Gasteiger charge is 2.16. The van der Waals surface area contributed by atoms with Gasteiger partial charge in [0.1, 0.15) is 0 Å². The van der Waals surface area contributed by atoms with Crippen LogP contribution in [0.2, 0.25) is 5.02 Å². The van der Waals surface area contributed by atoms with E-state index in [-0.39, 0.29) is 22.3 Å². The van der Waals surface area contributed by atoms with Gasteiger partial charge in [0.2, 0.25) is 0 Å². The monoisotopic (exact) mass is 366 g/mol. The molecule has 1 heterocycles. The van der Waals surface area contributed by atoms with Crippen LogP contribution in [-0.4, -0.2) is 48.3 Å². The Morgan fingerprint density at radius 2 is 1.80 bits per heavy atom. The lowest BCUT2D eigenvalue weighted by molar-refractivity contribution is 0.0591. The molecule has 132 valence electrons. The fraction of sp³-hybridized carbons (Fsp3) is 0.133. The summed E-state index contributed by atoms with van der Waals surface area (Å²) >= 11 is 5.66. The van der Waals surface area contributed by atoms with E-state index in [1.54, 1.807) is 0 Å².